The van der Waals surface area contributed by atoms with Crippen LogP contribution in [0.4, 0.5) is 4.79 Å². The maximum Gasteiger partial charge on any atom is 0.407 e. The van der Waals surface area contributed by atoms with Gasteiger partial charge in [-0.15, -0.1) is 0 Å². The summed E-state index contributed by atoms with van der Waals surface area (Å²) < 4.78 is 9.96. The summed E-state index contributed by atoms with van der Waals surface area (Å²) in [5.74, 6) is 0.935. The highest BCUT2D eigenvalue weighted by atomic mass is 16.5. The minimum atomic E-state index is -0.333. The van der Waals surface area contributed by atoms with Gasteiger partial charge in [0.2, 0.25) is 0 Å². The van der Waals surface area contributed by atoms with Gasteiger partial charge in [-0.1, -0.05) is 13.8 Å². The first-order valence-electron chi connectivity index (χ1n) is 5.57. The first-order valence-corrected chi connectivity index (χ1v) is 5.57. The third-order valence-corrected chi connectivity index (χ3v) is 2.96. The van der Waals surface area contributed by atoms with Crippen LogP contribution in [0.2, 0.25) is 0 Å². The molecular weight excluding hydrogens is 194 g/mol. The van der Waals surface area contributed by atoms with E-state index in [2.05, 4.69) is 23.9 Å². The van der Waals surface area contributed by atoms with Crippen LogP contribution in [0.15, 0.2) is 0 Å². The van der Waals surface area contributed by atoms with Gasteiger partial charge in [-0.05, 0) is 24.7 Å². The predicted molar refractivity (Wildman–Crippen MR) is 57.7 cm³/mol. The van der Waals surface area contributed by atoms with Crippen LogP contribution in [0.25, 0.3) is 0 Å². The van der Waals surface area contributed by atoms with Gasteiger partial charge in [0.05, 0.1) is 7.11 Å². The molecule has 1 amide bonds. The van der Waals surface area contributed by atoms with Crippen LogP contribution in [-0.4, -0.2) is 32.5 Å². The van der Waals surface area contributed by atoms with E-state index < -0.39 is 0 Å². The largest absolute Gasteiger partial charge is 0.453 e. The number of amides is 1. The van der Waals surface area contributed by atoms with E-state index >= 15 is 0 Å². The normalized spacial score (nSPS) is 20.0. The Bertz CT molecular complexity index is 200. The fourth-order valence-corrected chi connectivity index (χ4v) is 2.10. The first-order chi connectivity index (χ1) is 7.15. The highest BCUT2D eigenvalue weighted by Gasteiger charge is 2.27. The third kappa shape index (κ3) is 3.70. The van der Waals surface area contributed by atoms with Crippen LogP contribution in [0.1, 0.15) is 26.7 Å². The van der Waals surface area contributed by atoms with E-state index in [4.69, 9.17) is 4.74 Å². The molecule has 0 saturated carbocycles. The minimum absolute atomic E-state index is 0.196. The van der Waals surface area contributed by atoms with E-state index in [1.807, 2.05) is 0 Å². The molecule has 1 atom stereocenters. The number of nitrogens with one attached hydrogen (secondary N) is 1. The lowest BCUT2D eigenvalue weighted by atomic mass is 9.85. The van der Waals surface area contributed by atoms with Gasteiger partial charge in [0, 0.05) is 19.3 Å². The molecule has 88 valence electrons. The SMILES string of the molecule is COC(=O)N[C@H](C(C)C)C1CCOCC1. The van der Waals surface area contributed by atoms with Crippen molar-refractivity contribution >= 4 is 6.09 Å². The molecule has 0 radical (unpaired) electrons. The summed E-state index contributed by atoms with van der Waals surface area (Å²) in [5.41, 5.74) is 0. The van der Waals surface area contributed by atoms with Crippen molar-refractivity contribution in [3.05, 3.63) is 0 Å². The monoisotopic (exact) mass is 215 g/mol. The summed E-state index contributed by atoms with van der Waals surface area (Å²) >= 11 is 0. The Hall–Kier alpha value is -0.770. The highest BCUT2D eigenvalue weighted by molar-refractivity contribution is 5.67. The number of hydrogen-bond donors (Lipinski definition) is 1. The molecule has 0 aromatic rings. The average molecular weight is 215 g/mol. The van der Waals surface area contributed by atoms with Crippen LogP contribution in [0.3, 0.4) is 0 Å². The smallest absolute Gasteiger partial charge is 0.407 e. The van der Waals surface area contributed by atoms with Crippen LogP contribution < -0.4 is 5.32 Å². The number of ether oxygens (including phenoxy) is 2. The van der Waals surface area contributed by atoms with Gasteiger partial charge in [0.1, 0.15) is 0 Å². The van der Waals surface area contributed by atoms with Crippen LogP contribution >= 0.6 is 0 Å². The van der Waals surface area contributed by atoms with E-state index in [-0.39, 0.29) is 12.1 Å². The van der Waals surface area contributed by atoms with Crippen molar-refractivity contribution < 1.29 is 14.3 Å². The van der Waals surface area contributed by atoms with Gasteiger partial charge >= 0.3 is 6.09 Å². The Morgan fingerprint density at radius 2 is 2.00 bits per heavy atom. The number of rotatable bonds is 3. The highest BCUT2D eigenvalue weighted by Crippen LogP contribution is 2.23. The Labute approximate surface area is 91.3 Å². The lowest BCUT2D eigenvalue weighted by Crippen LogP contribution is -2.45. The molecule has 0 aromatic carbocycles. The maximum atomic E-state index is 11.2. The predicted octanol–water partition coefficient (Wildman–Crippen LogP) is 1.79. The summed E-state index contributed by atoms with van der Waals surface area (Å²) in [6, 6.07) is 0.196. The van der Waals surface area contributed by atoms with Crippen LogP contribution in [0.5, 0.6) is 0 Å². The van der Waals surface area contributed by atoms with E-state index in [1.54, 1.807) is 0 Å². The lowest BCUT2D eigenvalue weighted by molar-refractivity contribution is 0.0462. The number of carbonyl (C=O) groups is 1. The number of hydrogen-bond acceptors (Lipinski definition) is 3. The quantitative estimate of drug-likeness (QED) is 0.780. The summed E-state index contributed by atoms with van der Waals surface area (Å²) in [4.78, 5) is 11.2. The van der Waals surface area contributed by atoms with E-state index in [0.29, 0.717) is 11.8 Å². The zero-order chi connectivity index (χ0) is 11.3. The van der Waals surface area contributed by atoms with Gasteiger partial charge < -0.3 is 14.8 Å². The zero-order valence-electron chi connectivity index (χ0n) is 9.79. The Morgan fingerprint density at radius 1 is 1.40 bits per heavy atom. The van der Waals surface area contributed by atoms with Gasteiger partial charge in [-0.3, -0.25) is 0 Å². The van der Waals surface area contributed by atoms with Crippen molar-refractivity contribution in [1.82, 2.24) is 5.32 Å². The molecule has 4 nitrogen and oxygen atoms in total. The Morgan fingerprint density at radius 3 is 2.47 bits per heavy atom. The second-order valence-corrected chi connectivity index (χ2v) is 4.36. The van der Waals surface area contributed by atoms with E-state index in [0.717, 1.165) is 26.1 Å². The minimum Gasteiger partial charge on any atom is -0.453 e. The second kappa shape index (κ2) is 5.95. The van der Waals surface area contributed by atoms with Crippen molar-refractivity contribution in [3.63, 3.8) is 0 Å². The second-order valence-electron chi connectivity index (χ2n) is 4.36. The van der Waals surface area contributed by atoms with Crippen molar-refractivity contribution in [2.45, 2.75) is 32.7 Å². The molecule has 0 unspecified atom stereocenters. The van der Waals surface area contributed by atoms with Gasteiger partial charge in [-0.25, -0.2) is 4.79 Å². The molecule has 15 heavy (non-hydrogen) atoms. The summed E-state index contributed by atoms with van der Waals surface area (Å²) in [5, 5.41) is 2.92. The van der Waals surface area contributed by atoms with E-state index in [1.165, 1.54) is 7.11 Å². The summed E-state index contributed by atoms with van der Waals surface area (Å²) in [7, 11) is 1.40. The van der Waals surface area contributed by atoms with Crippen molar-refractivity contribution in [1.29, 1.82) is 0 Å². The molecule has 1 fully saturated rings. The van der Waals surface area contributed by atoms with Crippen molar-refractivity contribution in [2.24, 2.45) is 11.8 Å². The summed E-state index contributed by atoms with van der Waals surface area (Å²) in [6.45, 7) is 5.85. The number of alkyl carbamates (subject to hydrolysis) is 1. The van der Waals surface area contributed by atoms with E-state index in [9.17, 15) is 4.79 Å². The van der Waals surface area contributed by atoms with Gasteiger partial charge in [-0.2, -0.15) is 0 Å². The molecule has 0 spiro atoms. The summed E-state index contributed by atoms with van der Waals surface area (Å²) in [6.07, 6.45) is 1.71. The number of methoxy groups -OCH3 is 1. The van der Waals surface area contributed by atoms with Crippen LogP contribution in [-0.2, 0) is 9.47 Å². The molecule has 0 aromatic heterocycles. The molecule has 1 aliphatic rings. The molecule has 0 aliphatic carbocycles. The van der Waals surface area contributed by atoms with Gasteiger partial charge in [0.25, 0.3) is 0 Å². The maximum absolute atomic E-state index is 11.2. The fourth-order valence-electron chi connectivity index (χ4n) is 2.10. The average Bonchev–Trinajstić information content (AvgIpc) is 2.26. The zero-order valence-corrected chi connectivity index (χ0v) is 9.79. The topological polar surface area (TPSA) is 47.6 Å². The molecular formula is C11H21NO3. The fraction of sp³-hybridized carbons (Fsp3) is 0.909. The van der Waals surface area contributed by atoms with Crippen molar-refractivity contribution in [3.8, 4) is 0 Å². The lowest BCUT2D eigenvalue weighted by Gasteiger charge is -2.33. The molecule has 0 bridgehead atoms. The Kier molecular flexibility index (Phi) is 4.88. The molecule has 1 saturated heterocycles. The first kappa shape index (κ1) is 12.3. The molecule has 1 N–H and O–H groups in total. The molecule has 1 heterocycles. The molecule has 4 heteroatoms. The number of carbonyl (C=O) groups excluding carboxylic acids is 1. The van der Waals surface area contributed by atoms with Gasteiger partial charge in [0.15, 0.2) is 0 Å². The Balaban J connectivity index is 2.51. The molecule has 1 rings (SSSR count). The van der Waals surface area contributed by atoms with Crippen molar-refractivity contribution in [2.75, 3.05) is 20.3 Å². The molecule has 1 aliphatic heterocycles. The standard InChI is InChI=1S/C11H21NO3/c1-8(2)10(12-11(13)14-3)9-4-6-15-7-5-9/h8-10H,4-7H2,1-3H3,(H,12,13)/t10-/m1/s1. The van der Waals surface area contributed by atoms with Crippen LogP contribution in [0, 0.1) is 11.8 Å². The third-order valence-electron chi connectivity index (χ3n) is 2.96.